The number of ketones is 1. The first-order valence-corrected chi connectivity index (χ1v) is 6.61. The maximum atomic E-state index is 11.4. The second-order valence-corrected chi connectivity index (χ2v) is 4.90. The monoisotopic (exact) mass is 252 g/mol. The minimum atomic E-state index is 0.233. The van der Waals surface area contributed by atoms with Crippen molar-refractivity contribution in [2.24, 2.45) is 0 Å². The Morgan fingerprint density at radius 3 is 2.79 bits per heavy atom. The predicted octanol–water partition coefficient (Wildman–Crippen LogP) is 3.07. The molecule has 19 heavy (non-hydrogen) atoms. The molecule has 0 atom stereocenters. The van der Waals surface area contributed by atoms with E-state index in [4.69, 9.17) is 0 Å². The molecule has 0 fully saturated rings. The van der Waals surface area contributed by atoms with Crippen molar-refractivity contribution in [2.45, 2.75) is 25.8 Å². The van der Waals surface area contributed by atoms with Gasteiger partial charge in [-0.3, -0.25) is 9.48 Å². The van der Waals surface area contributed by atoms with Crippen LogP contribution < -0.4 is 0 Å². The van der Waals surface area contributed by atoms with Crippen LogP contribution in [0.15, 0.2) is 48.8 Å². The fourth-order valence-electron chi connectivity index (χ4n) is 2.41. The van der Waals surface area contributed by atoms with Gasteiger partial charge < -0.3 is 0 Å². The second kappa shape index (κ2) is 5.22. The summed E-state index contributed by atoms with van der Waals surface area (Å²) in [5, 5.41) is 4.38. The quantitative estimate of drug-likeness (QED) is 0.841. The number of rotatable bonds is 3. The lowest BCUT2D eigenvalue weighted by molar-refractivity contribution is -0.114. The first-order valence-electron chi connectivity index (χ1n) is 6.61. The zero-order chi connectivity index (χ0) is 13.1. The molecule has 1 aliphatic carbocycles. The average molecular weight is 252 g/mol. The molecule has 0 aliphatic heterocycles. The van der Waals surface area contributed by atoms with Gasteiger partial charge in [-0.25, -0.2) is 0 Å². The van der Waals surface area contributed by atoms with E-state index in [-0.39, 0.29) is 5.78 Å². The van der Waals surface area contributed by atoms with Gasteiger partial charge in [-0.05, 0) is 30.1 Å². The first-order chi connectivity index (χ1) is 9.31. The van der Waals surface area contributed by atoms with Crippen LogP contribution in [-0.2, 0) is 11.3 Å². The summed E-state index contributed by atoms with van der Waals surface area (Å²) in [5.74, 6) is 0.233. The van der Waals surface area contributed by atoms with Crippen molar-refractivity contribution in [1.29, 1.82) is 0 Å². The molecule has 0 radical (unpaired) electrons. The molecule has 3 rings (SSSR count). The molecule has 1 aliphatic rings. The maximum absolute atomic E-state index is 11.4. The van der Waals surface area contributed by atoms with E-state index >= 15 is 0 Å². The first kappa shape index (κ1) is 11.9. The van der Waals surface area contributed by atoms with Gasteiger partial charge in [0.2, 0.25) is 0 Å². The molecule has 0 bridgehead atoms. The Balaban J connectivity index is 1.78. The lowest BCUT2D eigenvalue weighted by Crippen LogP contribution is -2.02. The van der Waals surface area contributed by atoms with E-state index in [0.29, 0.717) is 6.42 Å². The zero-order valence-corrected chi connectivity index (χ0v) is 10.7. The summed E-state index contributed by atoms with van der Waals surface area (Å²) in [5.41, 5.74) is 3.42. The Labute approximate surface area is 112 Å². The highest BCUT2D eigenvalue weighted by atomic mass is 16.1. The van der Waals surface area contributed by atoms with Gasteiger partial charge in [0.15, 0.2) is 5.78 Å². The highest BCUT2D eigenvalue weighted by molar-refractivity contribution is 5.98. The van der Waals surface area contributed by atoms with Gasteiger partial charge in [-0.15, -0.1) is 0 Å². The zero-order valence-electron chi connectivity index (χ0n) is 10.7. The van der Waals surface area contributed by atoms with Gasteiger partial charge in [0.1, 0.15) is 0 Å². The van der Waals surface area contributed by atoms with Gasteiger partial charge in [0.05, 0.1) is 12.7 Å². The van der Waals surface area contributed by atoms with Crippen molar-refractivity contribution in [3.8, 4) is 0 Å². The Morgan fingerprint density at radius 2 is 2.00 bits per heavy atom. The van der Waals surface area contributed by atoms with E-state index in [2.05, 4.69) is 17.2 Å². The highest BCUT2D eigenvalue weighted by Crippen LogP contribution is 2.24. The van der Waals surface area contributed by atoms with E-state index in [0.717, 1.165) is 30.5 Å². The van der Waals surface area contributed by atoms with E-state index in [9.17, 15) is 4.79 Å². The third-order valence-corrected chi connectivity index (χ3v) is 3.40. The lowest BCUT2D eigenvalue weighted by atomic mass is 9.95. The maximum Gasteiger partial charge on any atom is 0.155 e. The molecule has 3 nitrogen and oxygen atoms in total. The number of hydrogen-bond acceptors (Lipinski definition) is 2. The van der Waals surface area contributed by atoms with Crippen LogP contribution in [0.5, 0.6) is 0 Å². The highest BCUT2D eigenvalue weighted by Gasteiger charge is 2.12. The molecule has 2 aromatic rings. The molecule has 0 spiro atoms. The summed E-state index contributed by atoms with van der Waals surface area (Å²) >= 11 is 0. The predicted molar refractivity (Wildman–Crippen MR) is 74.6 cm³/mol. The van der Waals surface area contributed by atoms with E-state index in [1.54, 1.807) is 6.08 Å². The Bertz CT molecular complexity index is 611. The molecular weight excluding hydrogens is 236 g/mol. The molecule has 0 saturated heterocycles. The summed E-state index contributed by atoms with van der Waals surface area (Å²) in [6.07, 6.45) is 8.26. The fraction of sp³-hybridized carbons (Fsp3) is 0.250. The molecule has 1 aromatic carbocycles. The summed E-state index contributed by atoms with van der Waals surface area (Å²) in [4.78, 5) is 11.4. The summed E-state index contributed by atoms with van der Waals surface area (Å²) < 4.78 is 1.92. The van der Waals surface area contributed by atoms with Gasteiger partial charge in [0, 0.05) is 18.2 Å². The van der Waals surface area contributed by atoms with E-state index < -0.39 is 0 Å². The number of hydrogen-bond donors (Lipinski definition) is 0. The molecule has 3 heteroatoms. The molecule has 96 valence electrons. The number of aromatic nitrogens is 2. The van der Waals surface area contributed by atoms with E-state index in [1.807, 2.05) is 35.3 Å². The summed E-state index contributed by atoms with van der Waals surface area (Å²) in [6.45, 7) is 0.766. The number of carbonyl (C=O) groups is 1. The molecule has 1 heterocycles. The topological polar surface area (TPSA) is 34.9 Å². The standard InChI is InChI=1S/C16H16N2O/c19-16-8-4-7-14(9-16)15-10-17-18(12-15)11-13-5-2-1-3-6-13/h1-3,5-6,9-10,12H,4,7-8,11H2. The van der Waals surface area contributed by atoms with Gasteiger partial charge in [-0.1, -0.05) is 30.3 Å². The van der Waals surface area contributed by atoms with Crippen molar-refractivity contribution >= 4 is 11.4 Å². The van der Waals surface area contributed by atoms with Crippen LogP contribution in [0.25, 0.3) is 5.57 Å². The largest absolute Gasteiger partial charge is 0.295 e. The Kier molecular flexibility index (Phi) is 3.27. The van der Waals surface area contributed by atoms with Gasteiger partial charge in [-0.2, -0.15) is 5.10 Å². The lowest BCUT2D eigenvalue weighted by Gasteiger charge is -2.09. The van der Waals surface area contributed by atoms with E-state index in [1.165, 1.54) is 5.56 Å². The van der Waals surface area contributed by atoms with Crippen LogP contribution in [0, 0.1) is 0 Å². The number of nitrogens with zero attached hydrogens (tertiary/aromatic N) is 2. The third kappa shape index (κ3) is 2.81. The van der Waals surface area contributed by atoms with Gasteiger partial charge in [0.25, 0.3) is 0 Å². The van der Waals surface area contributed by atoms with Crippen molar-refractivity contribution in [1.82, 2.24) is 9.78 Å². The number of benzene rings is 1. The van der Waals surface area contributed by atoms with Crippen LogP contribution in [-0.4, -0.2) is 15.6 Å². The number of carbonyl (C=O) groups excluding carboxylic acids is 1. The summed E-state index contributed by atoms with van der Waals surface area (Å²) in [7, 11) is 0. The van der Waals surface area contributed by atoms with Crippen molar-refractivity contribution in [2.75, 3.05) is 0 Å². The van der Waals surface area contributed by atoms with Gasteiger partial charge >= 0.3 is 0 Å². The molecule has 0 unspecified atom stereocenters. The smallest absolute Gasteiger partial charge is 0.155 e. The molecule has 0 amide bonds. The minimum absolute atomic E-state index is 0.233. The third-order valence-electron chi connectivity index (χ3n) is 3.40. The van der Waals surface area contributed by atoms with Crippen LogP contribution in [0.3, 0.4) is 0 Å². The van der Waals surface area contributed by atoms with Crippen molar-refractivity contribution in [3.05, 3.63) is 59.9 Å². The minimum Gasteiger partial charge on any atom is -0.295 e. The molecule has 1 aromatic heterocycles. The number of allylic oxidation sites excluding steroid dienone is 2. The van der Waals surface area contributed by atoms with Crippen LogP contribution in [0.2, 0.25) is 0 Å². The Hall–Kier alpha value is -2.16. The van der Waals surface area contributed by atoms with Crippen molar-refractivity contribution in [3.63, 3.8) is 0 Å². The van der Waals surface area contributed by atoms with Crippen LogP contribution >= 0.6 is 0 Å². The Morgan fingerprint density at radius 1 is 1.16 bits per heavy atom. The van der Waals surface area contributed by atoms with Crippen LogP contribution in [0.4, 0.5) is 0 Å². The SMILES string of the molecule is O=C1C=C(c2cnn(Cc3ccccc3)c2)CCC1. The fourth-order valence-corrected chi connectivity index (χ4v) is 2.41. The molecule has 0 saturated carbocycles. The molecule has 0 N–H and O–H groups in total. The summed E-state index contributed by atoms with van der Waals surface area (Å²) in [6, 6.07) is 10.2. The average Bonchev–Trinajstić information content (AvgIpc) is 2.88. The van der Waals surface area contributed by atoms with Crippen molar-refractivity contribution < 1.29 is 4.79 Å². The normalized spacial score (nSPS) is 15.4. The van der Waals surface area contributed by atoms with Crippen LogP contribution in [0.1, 0.15) is 30.4 Å². The molecular formula is C16H16N2O. The second-order valence-electron chi connectivity index (χ2n) is 4.90.